The van der Waals surface area contributed by atoms with Crippen LogP contribution in [0.5, 0.6) is 11.5 Å². The summed E-state index contributed by atoms with van der Waals surface area (Å²) in [5, 5.41) is 5.83. The smallest absolute Gasteiger partial charge is 0.244 e. The normalized spacial score (nSPS) is 12.2. The molecule has 1 unspecified atom stereocenters. The Morgan fingerprint density at radius 1 is 1.35 bits per heavy atom. The summed E-state index contributed by atoms with van der Waals surface area (Å²) in [5.41, 5.74) is 1.68. The minimum absolute atomic E-state index is 0.130. The molecule has 1 amide bonds. The SMILES string of the molecule is COc1ccc(/C=C/C(=O)NC(C)c2csc(C)n2)c(OC)c1. The summed E-state index contributed by atoms with van der Waals surface area (Å²) in [6.45, 7) is 3.85. The van der Waals surface area contributed by atoms with Crippen molar-refractivity contribution in [2.45, 2.75) is 19.9 Å². The van der Waals surface area contributed by atoms with Crippen molar-refractivity contribution in [3.63, 3.8) is 0 Å². The predicted octanol–water partition coefficient (Wildman–Crippen LogP) is 3.36. The van der Waals surface area contributed by atoms with E-state index < -0.39 is 0 Å². The minimum Gasteiger partial charge on any atom is -0.497 e. The maximum atomic E-state index is 12.0. The maximum absolute atomic E-state index is 12.0. The third-order valence-corrected chi connectivity index (χ3v) is 4.09. The highest BCUT2D eigenvalue weighted by molar-refractivity contribution is 7.09. The number of hydrogen-bond acceptors (Lipinski definition) is 5. The number of aryl methyl sites for hydroxylation is 1. The first-order valence-electron chi connectivity index (χ1n) is 7.16. The monoisotopic (exact) mass is 332 g/mol. The molecule has 1 aromatic heterocycles. The number of aromatic nitrogens is 1. The number of ether oxygens (including phenoxy) is 2. The summed E-state index contributed by atoms with van der Waals surface area (Å²) in [6.07, 6.45) is 3.20. The topological polar surface area (TPSA) is 60.5 Å². The lowest BCUT2D eigenvalue weighted by Crippen LogP contribution is -2.24. The van der Waals surface area contributed by atoms with E-state index in [1.807, 2.05) is 31.4 Å². The zero-order chi connectivity index (χ0) is 16.8. The Bertz CT molecular complexity index is 710. The van der Waals surface area contributed by atoms with E-state index in [0.717, 1.165) is 16.3 Å². The fraction of sp³-hybridized carbons (Fsp3) is 0.294. The molecule has 122 valence electrons. The molecular weight excluding hydrogens is 312 g/mol. The highest BCUT2D eigenvalue weighted by Crippen LogP contribution is 2.25. The van der Waals surface area contributed by atoms with Crippen molar-refractivity contribution in [3.05, 3.63) is 45.9 Å². The summed E-state index contributed by atoms with van der Waals surface area (Å²) >= 11 is 1.57. The quantitative estimate of drug-likeness (QED) is 0.824. The van der Waals surface area contributed by atoms with Crippen LogP contribution >= 0.6 is 11.3 Å². The van der Waals surface area contributed by atoms with Gasteiger partial charge in [0.1, 0.15) is 11.5 Å². The van der Waals surface area contributed by atoms with Crippen molar-refractivity contribution in [1.29, 1.82) is 0 Å². The average Bonchev–Trinajstić information content (AvgIpc) is 2.99. The largest absolute Gasteiger partial charge is 0.497 e. The molecule has 2 aromatic rings. The van der Waals surface area contributed by atoms with Crippen LogP contribution in [-0.2, 0) is 4.79 Å². The number of thiazole rings is 1. The Hall–Kier alpha value is -2.34. The fourth-order valence-corrected chi connectivity index (χ4v) is 2.74. The van der Waals surface area contributed by atoms with Gasteiger partial charge >= 0.3 is 0 Å². The lowest BCUT2D eigenvalue weighted by molar-refractivity contribution is -0.117. The van der Waals surface area contributed by atoms with Crippen molar-refractivity contribution in [3.8, 4) is 11.5 Å². The first kappa shape index (κ1) is 17.0. The number of nitrogens with zero attached hydrogens (tertiary/aromatic N) is 1. The Balaban J connectivity index is 2.03. The summed E-state index contributed by atoms with van der Waals surface area (Å²) in [4.78, 5) is 16.4. The van der Waals surface area contributed by atoms with Crippen LogP contribution < -0.4 is 14.8 Å². The Kier molecular flexibility index (Phi) is 5.76. The molecule has 1 N–H and O–H groups in total. The predicted molar refractivity (Wildman–Crippen MR) is 92.0 cm³/mol. The highest BCUT2D eigenvalue weighted by atomic mass is 32.1. The number of methoxy groups -OCH3 is 2. The molecular formula is C17H20N2O3S. The minimum atomic E-state index is -0.180. The van der Waals surface area contributed by atoms with Crippen molar-refractivity contribution in [2.24, 2.45) is 0 Å². The number of amides is 1. The molecule has 0 aliphatic carbocycles. The van der Waals surface area contributed by atoms with Crippen molar-refractivity contribution in [2.75, 3.05) is 14.2 Å². The van der Waals surface area contributed by atoms with Gasteiger partial charge in [0.05, 0.1) is 31.0 Å². The fourth-order valence-electron chi connectivity index (χ4n) is 2.04. The standard InChI is InChI=1S/C17H20N2O3S/c1-11(15-10-23-12(2)19-15)18-17(20)8-6-13-5-7-14(21-3)9-16(13)22-4/h5-11H,1-4H3,(H,18,20)/b8-6+. The van der Waals surface area contributed by atoms with Gasteiger partial charge in [-0.15, -0.1) is 11.3 Å². The van der Waals surface area contributed by atoms with Crippen molar-refractivity contribution < 1.29 is 14.3 Å². The van der Waals surface area contributed by atoms with E-state index in [-0.39, 0.29) is 11.9 Å². The van der Waals surface area contributed by atoms with Crippen LogP contribution in [0.3, 0.4) is 0 Å². The zero-order valence-electron chi connectivity index (χ0n) is 13.6. The molecule has 5 nitrogen and oxygen atoms in total. The van der Waals surface area contributed by atoms with Crippen LogP contribution in [0.15, 0.2) is 29.7 Å². The Morgan fingerprint density at radius 2 is 2.13 bits per heavy atom. The van der Waals surface area contributed by atoms with Crippen molar-refractivity contribution in [1.82, 2.24) is 10.3 Å². The molecule has 0 fully saturated rings. The van der Waals surface area contributed by atoms with E-state index in [1.54, 1.807) is 37.7 Å². The first-order chi connectivity index (χ1) is 11.0. The van der Waals surface area contributed by atoms with E-state index >= 15 is 0 Å². The second kappa shape index (κ2) is 7.78. The van der Waals surface area contributed by atoms with Crippen molar-refractivity contribution >= 4 is 23.3 Å². The molecule has 1 atom stereocenters. The molecule has 2 rings (SSSR count). The van der Waals surface area contributed by atoms with Gasteiger partial charge in [0, 0.05) is 23.1 Å². The van der Waals surface area contributed by atoms with Crippen LogP contribution in [0.4, 0.5) is 0 Å². The van der Waals surface area contributed by atoms with Crippen LogP contribution in [0.1, 0.15) is 29.2 Å². The second-order valence-electron chi connectivity index (χ2n) is 4.96. The summed E-state index contributed by atoms with van der Waals surface area (Å²) in [6, 6.07) is 5.31. The van der Waals surface area contributed by atoms with Gasteiger partial charge in [-0.3, -0.25) is 4.79 Å². The molecule has 0 bridgehead atoms. The molecule has 0 saturated heterocycles. The van der Waals surface area contributed by atoms with E-state index in [2.05, 4.69) is 10.3 Å². The van der Waals surface area contributed by atoms with E-state index in [4.69, 9.17) is 9.47 Å². The number of benzene rings is 1. The molecule has 1 heterocycles. The first-order valence-corrected chi connectivity index (χ1v) is 8.04. The molecule has 6 heteroatoms. The van der Waals surface area contributed by atoms with Gasteiger partial charge in [0.15, 0.2) is 0 Å². The van der Waals surface area contributed by atoms with Gasteiger partial charge < -0.3 is 14.8 Å². The van der Waals surface area contributed by atoms with Gasteiger partial charge in [-0.25, -0.2) is 4.98 Å². The van der Waals surface area contributed by atoms with Gasteiger partial charge in [0.25, 0.3) is 0 Å². The van der Waals surface area contributed by atoms with Crippen LogP contribution in [-0.4, -0.2) is 25.1 Å². The van der Waals surface area contributed by atoms with E-state index in [9.17, 15) is 4.79 Å². The van der Waals surface area contributed by atoms with Gasteiger partial charge in [-0.05, 0) is 32.1 Å². The van der Waals surface area contributed by atoms with Gasteiger partial charge in [-0.2, -0.15) is 0 Å². The number of hydrogen-bond donors (Lipinski definition) is 1. The average molecular weight is 332 g/mol. The molecule has 0 radical (unpaired) electrons. The molecule has 0 spiro atoms. The van der Waals surface area contributed by atoms with Crippen LogP contribution in [0, 0.1) is 6.92 Å². The van der Waals surface area contributed by atoms with Gasteiger partial charge in [0.2, 0.25) is 5.91 Å². The molecule has 1 aromatic carbocycles. The summed E-state index contributed by atoms with van der Waals surface area (Å²) < 4.78 is 10.5. The number of rotatable bonds is 6. The highest BCUT2D eigenvalue weighted by Gasteiger charge is 2.10. The third-order valence-electron chi connectivity index (χ3n) is 3.29. The lowest BCUT2D eigenvalue weighted by atomic mass is 10.1. The molecule has 0 saturated carbocycles. The number of carbonyl (C=O) groups is 1. The zero-order valence-corrected chi connectivity index (χ0v) is 14.4. The third kappa shape index (κ3) is 4.56. The van der Waals surface area contributed by atoms with Crippen LogP contribution in [0.2, 0.25) is 0 Å². The number of carbonyl (C=O) groups excluding carboxylic acids is 1. The van der Waals surface area contributed by atoms with Crippen LogP contribution in [0.25, 0.3) is 6.08 Å². The Labute approximate surface area is 140 Å². The Morgan fingerprint density at radius 3 is 2.74 bits per heavy atom. The molecule has 0 aliphatic rings. The molecule has 0 aliphatic heterocycles. The number of nitrogens with one attached hydrogen (secondary N) is 1. The summed E-state index contributed by atoms with van der Waals surface area (Å²) in [7, 11) is 3.18. The molecule has 23 heavy (non-hydrogen) atoms. The maximum Gasteiger partial charge on any atom is 0.244 e. The second-order valence-corrected chi connectivity index (χ2v) is 6.03. The van der Waals surface area contributed by atoms with E-state index in [0.29, 0.717) is 11.5 Å². The van der Waals surface area contributed by atoms with Gasteiger partial charge in [-0.1, -0.05) is 0 Å². The van der Waals surface area contributed by atoms with E-state index in [1.165, 1.54) is 6.08 Å². The lowest BCUT2D eigenvalue weighted by Gasteiger charge is -2.10. The summed E-state index contributed by atoms with van der Waals surface area (Å²) in [5.74, 6) is 1.17.